The number of benzene rings is 1. The van der Waals surface area contributed by atoms with Crippen molar-refractivity contribution in [1.29, 1.82) is 0 Å². The molecule has 2 rings (SSSR count). The van der Waals surface area contributed by atoms with Gasteiger partial charge in [0.1, 0.15) is 5.75 Å². The molecule has 1 aromatic heterocycles. The van der Waals surface area contributed by atoms with Crippen molar-refractivity contribution in [3.05, 3.63) is 51.2 Å². The van der Waals surface area contributed by atoms with Gasteiger partial charge in [0.2, 0.25) is 0 Å². The number of nitrogens with one attached hydrogen (secondary N) is 1. The Balaban J connectivity index is 2.23. The first-order valence-electron chi connectivity index (χ1n) is 7.56. The maximum atomic E-state index is 5.33. The Morgan fingerprint density at radius 3 is 2.52 bits per heavy atom. The summed E-state index contributed by atoms with van der Waals surface area (Å²) in [6, 6.07) is 9.06. The summed E-state index contributed by atoms with van der Waals surface area (Å²) in [4.78, 5) is 1.35. The third-order valence-corrected chi connectivity index (χ3v) is 4.89. The first-order chi connectivity index (χ1) is 10.2. The number of hydrogen-bond donors (Lipinski definition) is 1. The second kappa shape index (κ2) is 7.62. The van der Waals surface area contributed by atoms with Gasteiger partial charge in [-0.3, -0.25) is 0 Å². The lowest BCUT2D eigenvalue weighted by Gasteiger charge is -2.20. The standard InChI is InChI=1S/C18H25NOS/c1-5-9-19-17(18-10-15(20-4)12-21-18)11-16-13(2)7-6-8-14(16)3/h6-8,10,12,17,19H,5,9,11H2,1-4H3. The van der Waals surface area contributed by atoms with Crippen LogP contribution in [0.5, 0.6) is 5.75 Å². The second-order valence-electron chi connectivity index (χ2n) is 5.47. The zero-order chi connectivity index (χ0) is 15.2. The average molecular weight is 303 g/mol. The van der Waals surface area contributed by atoms with Gasteiger partial charge < -0.3 is 10.1 Å². The highest BCUT2D eigenvalue weighted by molar-refractivity contribution is 7.10. The minimum Gasteiger partial charge on any atom is -0.496 e. The quantitative estimate of drug-likeness (QED) is 0.803. The molecule has 1 atom stereocenters. The molecule has 1 N–H and O–H groups in total. The largest absolute Gasteiger partial charge is 0.496 e. The molecule has 0 aliphatic carbocycles. The predicted molar refractivity (Wildman–Crippen MR) is 91.5 cm³/mol. The molecule has 1 unspecified atom stereocenters. The monoisotopic (exact) mass is 303 g/mol. The molecule has 2 nitrogen and oxygen atoms in total. The zero-order valence-corrected chi connectivity index (χ0v) is 14.2. The molecular formula is C18H25NOS. The van der Waals surface area contributed by atoms with Crippen molar-refractivity contribution in [2.24, 2.45) is 0 Å². The van der Waals surface area contributed by atoms with Crippen LogP contribution in [-0.2, 0) is 6.42 Å². The summed E-state index contributed by atoms with van der Waals surface area (Å²) >= 11 is 1.78. The van der Waals surface area contributed by atoms with Crippen LogP contribution in [0.4, 0.5) is 0 Å². The lowest BCUT2D eigenvalue weighted by molar-refractivity contribution is 0.415. The van der Waals surface area contributed by atoms with E-state index in [2.05, 4.69) is 55.7 Å². The molecule has 21 heavy (non-hydrogen) atoms. The van der Waals surface area contributed by atoms with Gasteiger partial charge in [0.25, 0.3) is 0 Å². The fraction of sp³-hybridized carbons (Fsp3) is 0.444. The predicted octanol–water partition coefficient (Wildman–Crippen LogP) is 4.66. The van der Waals surface area contributed by atoms with Crippen LogP contribution in [0.1, 0.15) is 41.0 Å². The Hall–Kier alpha value is -1.32. The van der Waals surface area contributed by atoms with Crippen molar-refractivity contribution < 1.29 is 4.74 Å². The molecule has 0 amide bonds. The SMILES string of the molecule is CCCNC(Cc1c(C)cccc1C)c1cc(OC)cs1. The van der Waals surface area contributed by atoms with Gasteiger partial charge >= 0.3 is 0 Å². The van der Waals surface area contributed by atoms with Gasteiger partial charge in [-0.25, -0.2) is 0 Å². The number of thiophene rings is 1. The summed E-state index contributed by atoms with van der Waals surface area (Å²) in [5.41, 5.74) is 4.21. The molecule has 0 bridgehead atoms. The van der Waals surface area contributed by atoms with E-state index < -0.39 is 0 Å². The number of aryl methyl sites for hydroxylation is 2. The van der Waals surface area contributed by atoms with Gasteiger partial charge in [-0.05, 0) is 56.0 Å². The maximum Gasteiger partial charge on any atom is 0.129 e. The van der Waals surface area contributed by atoms with Crippen LogP contribution in [-0.4, -0.2) is 13.7 Å². The van der Waals surface area contributed by atoms with E-state index in [4.69, 9.17) is 4.74 Å². The normalized spacial score (nSPS) is 12.4. The molecule has 2 aromatic rings. The summed E-state index contributed by atoms with van der Waals surface area (Å²) in [5, 5.41) is 5.76. The highest BCUT2D eigenvalue weighted by Gasteiger charge is 2.16. The fourth-order valence-electron chi connectivity index (χ4n) is 2.59. The van der Waals surface area contributed by atoms with Crippen LogP contribution < -0.4 is 10.1 Å². The fourth-order valence-corrected chi connectivity index (χ4v) is 3.52. The third kappa shape index (κ3) is 4.08. The highest BCUT2D eigenvalue weighted by atomic mass is 32.1. The summed E-state index contributed by atoms with van der Waals surface area (Å²) in [5.74, 6) is 0.958. The zero-order valence-electron chi connectivity index (χ0n) is 13.4. The minimum absolute atomic E-state index is 0.360. The number of hydrogen-bond acceptors (Lipinski definition) is 3. The number of methoxy groups -OCH3 is 1. The molecule has 1 heterocycles. The third-order valence-electron chi connectivity index (χ3n) is 3.87. The van der Waals surface area contributed by atoms with Gasteiger partial charge in [-0.15, -0.1) is 11.3 Å². The van der Waals surface area contributed by atoms with Crippen molar-refractivity contribution >= 4 is 11.3 Å². The van der Waals surface area contributed by atoms with Crippen molar-refractivity contribution in [2.75, 3.05) is 13.7 Å². The van der Waals surface area contributed by atoms with E-state index in [1.54, 1.807) is 18.4 Å². The number of ether oxygens (including phenoxy) is 1. The average Bonchev–Trinajstić information content (AvgIpc) is 2.95. The molecule has 0 saturated heterocycles. The van der Waals surface area contributed by atoms with E-state index in [0.717, 1.165) is 25.1 Å². The van der Waals surface area contributed by atoms with Crippen LogP contribution in [0.2, 0.25) is 0 Å². The van der Waals surface area contributed by atoms with Crippen molar-refractivity contribution in [2.45, 2.75) is 39.7 Å². The highest BCUT2D eigenvalue weighted by Crippen LogP contribution is 2.30. The van der Waals surface area contributed by atoms with Crippen molar-refractivity contribution in [1.82, 2.24) is 5.32 Å². The van der Waals surface area contributed by atoms with Crippen LogP contribution >= 0.6 is 11.3 Å². The van der Waals surface area contributed by atoms with Crippen molar-refractivity contribution in [3.8, 4) is 5.75 Å². The Kier molecular flexibility index (Phi) is 5.83. The van der Waals surface area contributed by atoms with Crippen LogP contribution in [0.3, 0.4) is 0 Å². The number of rotatable bonds is 7. The molecule has 1 aromatic carbocycles. The second-order valence-corrected chi connectivity index (χ2v) is 6.41. The lowest BCUT2D eigenvalue weighted by Crippen LogP contribution is -2.24. The van der Waals surface area contributed by atoms with Crippen molar-refractivity contribution in [3.63, 3.8) is 0 Å². The Morgan fingerprint density at radius 1 is 1.24 bits per heavy atom. The topological polar surface area (TPSA) is 21.3 Å². The molecule has 0 fully saturated rings. The van der Waals surface area contributed by atoms with Crippen LogP contribution in [0.25, 0.3) is 0 Å². The molecule has 0 spiro atoms. The van der Waals surface area contributed by atoms with E-state index in [1.165, 1.54) is 21.6 Å². The van der Waals surface area contributed by atoms with Gasteiger partial charge in [0.15, 0.2) is 0 Å². The molecular weight excluding hydrogens is 278 g/mol. The molecule has 3 heteroatoms. The van der Waals surface area contributed by atoms with Gasteiger partial charge in [-0.1, -0.05) is 25.1 Å². The Bertz CT molecular complexity index is 556. The Morgan fingerprint density at radius 2 is 1.95 bits per heavy atom. The molecule has 0 radical (unpaired) electrons. The van der Waals surface area contributed by atoms with E-state index in [9.17, 15) is 0 Å². The molecule has 114 valence electrons. The van der Waals surface area contributed by atoms with Gasteiger partial charge in [0.05, 0.1) is 7.11 Å². The van der Waals surface area contributed by atoms with E-state index in [1.807, 2.05) is 0 Å². The summed E-state index contributed by atoms with van der Waals surface area (Å²) in [6.45, 7) is 7.65. The van der Waals surface area contributed by atoms with Crippen LogP contribution in [0.15, 0.2) is 29.6 Å². The van der Waals surface area contributed by atoms with E-state index in [-0.39, 0.29) is 0 Å². The van der Waals surface area contributed by atoms with E-state index >= 15 is 0 Å². The minimum atomic E-state index is 0.360. The Labute approximate surface area is 132 Å². The molecule has 0 aliphatic heterocycles. The van der Waals surface area contributed by atoms with E-state index in [0.29, 0.717) is 6.04 Å². The molecule has 0 aliphatic rings. The summed E-state index contributed by atoms with van der Waals surface area (Å²) < 4.78 is 5.33. The lowest BCUT2D eigenvalue weighted by atomic mass is 9.95. The smallest absolute Gasteiger partial charge is 0.129 e. The summed E-state index contributed by atoms with van der Waals surface area (Å²) in [7, 11) is 1.73. The van der Waals surface area contributed by atoms with Crippen LogP contribution in [0, 0.1) is 13.8 Å². The maximum absolute atomic E-state index is 5.33. The summed E-state index contributed by atoms with van der Waals surface area (Å²) in [6.07, 6.45) is 2.17. The molecule has 0 saturated carbocycles. The first-order valence-corrected chi connectivity index (χ1v) is 8.44. The first kappa shape index (κ1) is 16.1. The van der Waals surface area contributed by atoms with Gasteiger partial charge in [-0.2, -0.15) is 0 Å². The van der Waals surface area contributed by atoms with Gasteiger partial charge in [0, 0.05) is 16.3 Å².